The van der Waals surface area contributed by atoms with Crippen LogP contribution in [0.1, 0.15) is 60.8 Å². The second-order valence-electron chi connectivity index (χ2n) is 7.19. The Balaban J connectivity index is 0.00000129. The lowest BCUT2D eigenvalue weighted by molar-refractivity contribution is -0.116. The van der Waals surface area contributed by atoms with Crippen LogP contribution in [-0.2, 0) is 9.59 Å². The van der Waals surface area contributed by atoms with Crippen molar-refractivity contribution < 1.29 is 9.59 Å². The van der Waals surface area contributed by atoms with E-state index in [0.717, 1.165) is 11.9 Å². The molecule has 138 valence electrons. The van der Waals surface area contributed by atoms with Gasteiger partial charge in [-0.2, -0.15) is 0 Å². The number of hydrogen-bond donors (Lipinski definition) is 1. The van der Waals surface area contributed by atoms with Crippen molar-refractivity contribution in [3.8, 4) is 0 Å². The highest BCUT2D eigenvalue weighted by Gasteiger charge is 2.26. The van der Waals surface area contributed by atoms with Gasteiger partial charge in [-0.15, -0.1) is 0 Å². The number of carbonyl (C=O) groups excluding carboxylic acids is 2. The molecule has 3 nitrogen and oxygen atoms in total. The number of carbonyl (C=O) groups is 2. The van der Waals surface area contributed by atoms with E-state index < -0.39 is 0 Å². The topological polar surface area (TPSA) is 60.2 Å². The van der Waals surface area contributed by atoms with E-state index in [-0.39, 0.29) is 11.3 Å². The quantitative estimate of drug-likeness (QED) is 0.423. The van der Waals surface area contributed by atoms with Gasteiger partial charge in [0.05, 0.1) is 0 Å². The SMILES string of the molecule is CC(C=CC=C(C)C=CC1=C(C)CCCC1(C)C)=CC=O.CC(N)=O. The van der Waals surface area contributed by atoms with Gasteiger partial charge in [-0.25, -0.2) is 0 Å². The third kappa shape index (κ3) is 10.3. The Kier molecular flexibility index (Phi) is 10.4. The van der Waals surface area contributed by atoms with Crippen molar-refractivity contribution in [2.75, 3.05) is 0 Å². The lowest BCUT2D eigenvalue weighted by atomic mass is 9.72. The molecular weight excluding hydrogens is 310 g/mol. The molecule has 0 spiro atoms. The number of rotatable bonds is 5. The Labute approximate surface area is 153 Å². The van der Waals surface area contributed by atoms with E-state index in [4.69, 9.17) is 0 Å². The third-order valence-corrected chi connectivity index (χ3v) is 4.10. The molecule has 0 atom stereocenters. The Morgan fingerprint density at radius 3 is 2.16 bits per heavy atom. The summed E-state index contributed by atoms with van der Waals surface area (Å²) in [7, 11) is 0. The minimum atomic E-state index is -0.333. The van der Waals surface area contributed by atoms with E-state index in [9.17, 15) is 9.59 Å². The highest BCUT2D eigenvalue weighted by molar-refractivity contribution is 5.70. The van der Waals surface area contributed by atoms with Crippen LogP contribution in [0.5, 0.6) is 0 Å². The molecule has 0 aromatic carbocycles. The molecule has 0 unspecified atom stereocenters. The van der Waals surface area contributed by atoms with Gasteiger partial charge in [0.25, 0.3) is 0 Å². The molecule has 0 bridgehead atoms. The van der Waals surface area contributed by atoms with Gasteiger partial charge < -0.3 is 5.73 Å². The standard InChI is InChI=1S/C20H28O.C2H5NO/c1-16(8-6-9-17(2)13-15-21)11-12-19-18(3)10-7-14-20(19,4)5;1-2(3)4/h6,8-9,11-13,15H,7,10,14H2,1-5H3;1H3,(H2,3,4). The van der Waals surface area contributed by atoms with Gasteiger partial charge in [0.2, 0.25) is 5.91 Å². The lowest BCUT2D eigenvalue weighted by Crippen LogP contribution is -2.19. The smallest absolute Gasteiger partial charge is 0.214 e. The molecule has 1 amide bonds. The maximum Gasteiger partial charge on any atom is 0.214 e. The molecule has 25 heavy (non-hydrogen) atoms. The van der Waals surface area contributed by atoms with Crippen molar-refractivity contribution in [2.45, 2.75) is 60.8 Å². The van der Waals surface area contributed by atoms with E-state index in [1.54, 1.807) is 6.08 Å². The summed E-state index contributed by atoms with van der Waals surface area (Å²) < 4.78 is 0. The highest BCUT2D eigenvalue weighted by atomic mass is 16.1. The minimum absolute atomic E-state index is 0.290. The molecule has 0 aromatic rings. The molecule has 0 aliphatic heterocycles. The van der Waals surface area contributed by atoms with Crippen LogP contribution in [0.15, 0.2) is 58.7 Å². The molecule has 3 heteroatoms. The van der Waals surface area contributed by atoms with Gasteiger partial charge in [0, 0.05) is 6.92 Å². The van der Waals surface area contributed by atoms with Crippen LogP contribution in [0, 0.1) is 5.41 Å². The van der Waals surface area contributed by atoms with Crippen molar-refractivity contribution in [3.63, 3.8) is 0 Å². The van der Waals surface area contributed by atoms with E-state index in [1.807, 2.05) is 19.1 Å². The average Bonchev–Trinajstić information content (AvgIpc) is 2.45. The predicted molar refractivity (Wildman–Crippen MR) is 107 cm³/mol. The fraction of sp³-hybridized carbons (Fsp3) is 0.455. The number of allylic oxidation sites excluding steroid dienone is 10. The normalized spacial score (nSPS) is 18.3. The van der Waals surface area contributed by atoms with Crippen LogP contribution in [0.4, 0.5) is 0 Å². The first-order chi connectivity index (χ1) is 11.6. The first-order valence-corrected chi connectivity index (χ1v) is 8.71. The van der Waals surface area contributed by atoms with Crippen molar-refractivity contribution in [2.24, 2.45) is 11.1 Å². The second kappa shape index (κ2) is 11.4. The molecule has 1 aliphatic rings. The van der Waals surface area contributed by atoms with Gasteiger partial charge in [-0.1, -0.05) is 55.4 Å². The van der Waals surface area contributed by atoms with Crippen molar-refractivity contribution in [3.05, 3.63) is 58.7 Å². The van der Waals surface area contributed by atoms with E-state index in [0.29, 0.717) is 0 Å². The highest BCUT2D eigenvalue weighted by Crippen LogP contribution is 2.40. The van der Waals surface area contributed by atoms with Crippen LogP contribution in [0.3, 0.4) is 0 Å². The largest absolute Gasteiger partial charge is 0.370 e. The number of aldehydes is 1. The Bertz CT molecular complexity index is 610. The number of primary amides is 1. The summed E-state index contributed by atoms with van der Waals surface area (Å²) in [5, 5.41) is 0. The van der Waals surface area contributed by atoms with Crippen LogP contribution in [0.2, 0.25) is 0 Å². The summed E-state index contributed by atoms with van der Waals surface area (Å²) >= 11 is 0. The van der Waals surface area contributed by atoms with E-state index in [1.165, 1.54) is 42.9 Å². The predicted octanol–water partition coefficient (Wildman–Crippen LogP) is 5.21. The number of amides is 1. The molecule has 0 heterocycles. The fourth-order valence-electron chi connectivity index (χ4n) is 2.80. The van der Waals surface area contributed by atoms with Crippen LogP contribution < -0.4 is 5.73 Å². The Morgan fingerprint density at radius 1 is 1.08 bits per heavy atom. The van der Waals surface area contributed by atoms with Crippen LogP contribution >= 0.6 is 0 Å². The van der Waals surface area contributed by atoms with Gasteiger partial charge >= 0.3 is 0 Å². The average molecular weight is 344 g/mol. The summed E-state index contributed by atoms with van der Waals surface area (Å²) in [6, 6.07) is 0. The van der Waals surface area contributed by atoms with Gasteiger partial charge in [0.1, 0.15) is 6.29 Å². The maximum atomic E-state index is 10.3. The third-order valence-electron chi connectivity index (χ3n) is 4.10. The molecular formula is C22H33NO2. The van der Waals surface area contributed by atoms with E-state index in [2.05, 4.69) is 51.7 Å². The summed E-state index contributed by atoms with van der Waals surface area (Å²) in [6.45, 7) is 12.3. The minimum Gasteiger partial charge on any atom is -0.370 e. The Morgan fingerprint density at radius 2 is 1.64 bits per heavy atom. The van der Waals surface area contributed by atoms with Crippen LogP contribution in [0.25, 0.3) is 0 Å². The number of hydrogen-bond acceptors (Lipinski definition) is 2. The molecule has 0 radical (unpaired) electrons. The maximum absolute atomic E-state index is 10.3. The monoisotopic (exact) mass is 343 g/mol. The molecule has 0 saturated carbocycles. The zero-order valence-corrected chi connectivity index (χ0v) is 16.6. The summed E-state index contributed by atoms with van der Waals surface area (Å²) in [5.74, 6) is -0.333. The number of nitrogens with two attached hydrogens (primary N) is 1. The Hall–Kier alpha value is -2.16. The molecule has 2 N–H and O–H groups in total. The summed E-state index contributed by atoms with van der Waals surface area (Å²) in [5.41, 5.74) is 9.95. The van der Waals surface area contributed by atoms with Crippen molar-refractivity contribution in [1.82, 2.24) is 0 Å². The van der Waals surface area contributed by atoms with E-state index >= 15 is 0 Å². The first kappa shape index (κ1) is 22.8. The molecule has 0 saturated heterocycles. The molecule has 0 fully saturated rings. The summed E-state index contributed by atoms with van der Waals surface area (Å²) in [6.07, 6.45) is 16.6. The van der Waals surface area contributed by atoms with Crippen molar-refractivity contribution in [1.29, 1.82) is 0 Å². The van der Waals surface area contributed by atoms with Crippen LogP contribution in [-0.4, -0.2) is 12.2 Å². The van der Waals surface area contributed by atoms with Gasteiger partial charge in [0.15, 0.2) is 0 Å². The van der Waals surface area contributed by atoms with Crippen molar-refractivity contribution >= 4 is 12.2 Å². The first-order valence-electron chi connectivity index (χ1n) is 8.71. The second-order valence-corrected chi connectivity index (χ2v) is 7.19. The molecule has 1 rings (SSSR count). The lowest BCUT2D eigenvalue weighted by Gasteiger charge is -2.32. The zero-order valence-electron chi connectivity index (χ0n) is 16.6. The summed E-state index contributed by atoms with van der Waals surface area (Å²) in [4.78, 5) is 19.6. The molecule has 1 aliphatic carbocycles. The zero-order chi connectivity index (χ0) is 19.5. The fourth-order valence-corrected chi connectivity index (χ4v) is 2.80. The van der Waals surface area contributed by atoms with Gasteiger partial charge in [-0.3, -0.25) is 9.59 Å². The van der Waals surface area contributed by atoms with Gasteiger partial charge in [-0.05, 0) is 62.7 Å². The molecule has 0 aromatic heterocycles.